The molecule has 0 radical (unpaired) electrons. The van der Waals surface area contributed by atoms with E-state index in [1.54, 1.807) is 18.5 Å². The normalized spacial score (nSPS) is 19.2. The molecule has 1 N–H and O–H groups in total. The predicted molar refractivity (Wildman–Crippen MR) is 99.8 cm³/mol. The first-order valence-corrected chi connectivity index (χ1v) is 8.52. The van der Waals surface area contributed by atoms with Gasteiger partial charge in [0.15, 0.2) is 0 Å². The molecule has 1 aromatic heterocycles. The van der Waals surface area contributed by atoms with Crippen molar-refractivity contribution in [2.75, 3.05) is 0 Å². The van der Waals surface area contributed by atoms with Gasteiger partial charge in [0, 0.05) is 17.5 Å². The molecule has 1 amide bonds. The molecule has 3 aromatic rings. The van der Waals surface area contributed by atoms with Crippen LogP contribution in [-0.4, -0.2) is 17.1 Å². The molecule has 1 aliphatic carbocycles. The Morgan fingerprint density at radius 3 is 2.88 bits per heavy atom. The van der Waals surface area contributed by atoms with Crippen molar-refractivity contribution < 1.29 is 4.79 Å². The zero-order chi connectivity index (χ0) is 17.2. The van der Waals surface area contributed by atoms with Gasteiger partial charge in [-0.05, 0) is 41.7 Å². The van der Waals surface area contributed by atoms with Gasteiger partial charge >= 0.3 is 0 Å². The topological polar surface area (TPSA) is 54.4 Å². The van der Waals surface area contributed by atoms with Gasteiger partial charge in [-0.2, -0.15) is 5.10 Å². The molecule has 1 aliphatic rings. The van der Waals surface area contributed by atoms with Crippen molar-refractivity contribution in [1.29, 1.82) is 0 Å². The predicted octanol–water partition coefficient (Wildman–Crippen LogP) is 4.14. The fourth-order valence-electron chi connectivity index (χ4n) is 3.05. The van der Waals surface area contributed by atoms with Gasteiger partial charge in [-0.15, -0.1) is 0 Å². The maximum absolute atomic E-state index is 12.2. The highest BCUT2D eigenvalue weighted by atomic mass is 35.5. The molecule has 1 fully saturated rings. The van der Waals surface area contributed by atoms with Crippen LogP contribution in [0.3, 0.4) is 0 Å². The van der Waals surface area contributed by atoms with Gasteiger partial charge in [0.2, 0.25) is 5.91 Å². The molecule has 2 atom stereocenters. The summed E-state index contributed by atoms with van der Waals surface area (Å²) in [4.78, 5) is 16.5. The van der Waals surface area contributed by atoms with Gasteiger partial charge in [0.25, 0.3) is 0 Å². The molecule has 25 heavy (non-hydrogen) atoms. The average Bonchev–Trinajstić information content (AvgIpc) is 3.43. The van der Waals surface area contributed by atoms with E-state index in [0.29, 0.717) is 10.9 Å². The highest BCUT2D eigenvalue weighted by Crippen LogP contribution is 2.47. The minimum atomic E-state index is -0.0429. The molecule has 0 unspecified atom stereocenters. The number of hydrogen-bond acceptors (Lipinski definition) is 3. The number of carbonyl (C=O) groups is 1. The maximum Gasteiger partial charge on any atom is 0.243 e. The zero-order valence-corrected chi connectivity index (χ0v) is 14.1. The van der Waals surface area contributed by atoms with E-state index in [9.17, 15) is 4.79 Å². The van der Waals surface area contributed by atoms with Gasteiger partial charge in [0.1, 0.15) is 0 Å². The van der Waals surface area contributed by atoms with Crippen molar-refractivity contribution in [2.45, 2.75) is 12.3 Å². The maximum atomic E-state index is 12.2. The Hall–Kier alpha value is -2.72. The number of nitrogens with one attached hydrogen (secondary N) is 1. The molecule has 0 saturated heterocycles. The smallest absolute Gasteiger partial charge is 0.243 e. The third-order valence-corrected chi connectivity index (χ3v) is 4.71. The van der Waals surface area contributed by atoms with Gasteiger partial charge in [0.05, 0.1) is 16.8 Å². The third kappa shape index (κ3) is 3.39. The van der Waals surface area contributed by atoms with Crippen LogP contribution >= 0.6 is 11.6 Å². The van der Waals surface area contributed by atoms with Gasteiger partial charge in [-0.3, -0.25) is 9.78 Å². The summed E-state index contributed by atoms with van der Waals surface area (Å²) in [5.41, 5.74) is 5.42. The van der Waals surface area contributed by atoms with Crippen LogP contribution in [0.1, 0.15) is 23.5 Å². The van der Waals surface area contributed by atoms with E-state index in [0.717, 1.165) is 22.9 Å². The minimum absolute atomic E-state index is 0.00365. The highest BCUT2D eigenvalue weighted by Gasteiger charge is 2.43. The molecule has 2 aromatic carbocycles. The summed E-state index contributed by atoms with van der Waals surface area (Å²) in [6, 6.07) is 17.6. The molecule has 1 saturated carbocycles. The van der Waals surface area contributed by atoms with Crippen molar-refractivity contribution in [2.24, 2.45) is 11.0 Å². The largest absolute Gasteiger partial charge is 0.273 e. The molecule has 1 heterocycles. The summed E-state index contributed by atoms with van der Waals surface area (Å²) in [6.45, 7) is 0. The molecule has 124 valence electrons. The lowest BCUT2D eigenvalue weighted by Crippen LogP contribution is -2.20. The molecule has 0 bridgehead atoms. The molecule has 0 spiro atoms. The first-order valence-electron chi connectivity index (χ1n) is 8.14. The summed E-state index contributed by atoms with van der Waals surface area (Å²) < 4.78 is 0. The fraction of sp³-hybridized carbons (Fsp3) is 0.150. The second-order valence-electron chi connectivity index (χ2n) is 6.17. The number of pyridine rings is 1. The Morgan fingerprint density at radius 1 is 1.20 bits per heavy atom. The van der Waals surface area contributed by atoms with Crippen LogP contribution in [0.15, 0.2) is 65.9 Å². The number of aromatic nitrogens is 1. The number of nitrogens with zero attached hydrogens (tertiary/aromatic N) is 2. The lowest BCUT2D eigenvalue weighted by atomic mass is 10.1. The molecular formula is C20H16ClN3O. The lowest BCUT2D eigenvalue weighted by Gasteiger charge is -2.02. The van der Waals surface area contributed by atoms with Crippen molar-refractivity contribution in [3.8, 4) is 0 Å². The summed E-state index contributed by atoms with van der Waals surface area (Å²) in [5.74, 6) is 0.264. The monoisotopic (exact) mass is 349 g/mol. The SMILES string of the molecule is O=C(N/N=C/c1cc(Cl)c2ncccc2c1)[C@@H]1C[C@H]1c1ccccc1. The van der Waals surface area contributed by atoms with E-state index in [2.05, 4.69) is 27.6 Å². The van der Waals surface area contributed by atoms with Gasteiger partial charge < -0.3 is 0 Å². The van der Waals surface area contributed by atoms with Crippen LogP contribution in [-0.2, 0) is 4.79 Å². The number of rotatable bonds is 4. The third-order valence-electron chi connectivity index (χ3n) is 4.42. The Labute approximate surface area is 150 Å². The molecule has 4 nitrogen and oxygen atoms in total. The van der Waals surface area contributed by atoms with Crippen molar-refractivity contribution in [3.05, 3.63) is 76.9 Å². The Kier molecular flexibility index (Phi) is 4.20. The Morgan fingerprint density at radius 2 is 2.04 bits per heavy atom. The second kappa shape index (κ2) is 6.65. The van der Waals surface area contributed by atoms with E-state index in [1.807, 2.05) is 36.4 Å². The number of hydrogen-bond donors (Lipinski definition) is 1. The minimum Gasteiger partial charge on any atom is -0.273 e. The highest BCUT2D eigenvalue weighted by molar-refractivity contribution is 6.35. The van der Waals surface area contributed by atoms with E-state index < -0.39 is 0 Å². The first kappa shape index (κ1) is 15.8. The van der Waals surface area contributed by atoms with E-state index >= 15 is 0 Å². The van der Waals surface area contributed by atoms with Crippen molar-refractivity contribution in [3.63, 3.8) is 0 Å². The van der Waals surface area contributed by atoms with Gasteiger partial charge in [-0.1, -0.05) is 48.0 Å². The zero-order valence-electron chi connectivity index (χ0n) is 13.4. The standard InChI is InChI=1S/C20H16ClN3O/c21-18-10-13(9-15-7-4-8-22-19(15)18)12-23-24-20(25)17-11-16(17)14-5-2-1-3-6-14/h1-10,12,16-17H,11H2,(H,24,25)/b23-12+/t16-,17+/m0/s1. The van der Waals surface area contributed by atoms with E-state index in [4.69, 9.17) is 11.6 Å². The number of fused-ring (bicyclic) bond motifs is 1. The van der Waals surface area contributed by atoms with Crippen LogP contribution in [0.2, 0.25) is 5.02 Å². The summed E-state index contributed by atoms with van der Waals surface area (Å²) in [6.07, 6.45) is 4.19. The van der Waals surface area contributed by atoms with Crippen LogP contribution < -0.4 is 5.43 Å². The molecule has 0 aliphatic heterocycles. The first-order chi connectivity index (χ1) is 12.2. The van der Waals surface area contributed by atoms with E-state index in [1.165, 1.54) is 5.56 Å². The Balaban J connectivity index is 1.41. The summed E-state index contributed by atoms with van der Waals surface area (Å²) >= 11 is 6.24. The van der Waals surface area contributed by atoms with Crippen LogP contribution in [0.4, 0.5) is 0 Å². The summed E-state index contributed by atoms with van der Waals surface area (Å²) in [5, 5.41) is 5.58. The number of hydrazone groups is 1. The van der Waals surface area contributed by atoms with Crippen LogP contribution in [0.25, 0.3) is 10.9 Å². The quantitative estimate of drug-likeness (QED) is 0.568. The molecule has 5 heteroatoms. The Bertz CT molecular complexity index is 956. The molecule has 4 rings (SSSR count). The van der Waals surface area contributed by atoms with E-state index in [-0.39, 0.29) is 11.8 Å². The van der Waals surface area contributed by atoms with Crippen LogP contribution in [0.5, 0.6) is 0 Å². The fourth-order valence-corrected chi connectivity index (χ4v) is 3.33. The number of amides is 1. The van der Waals surface area contributed by atoms with Crippen molar-refractivity contribution >= 4 is 34.6 Å². The summed E-state index contributed by atoms with van der Waals surface area (Å²) in [7, 11) is 0. The number of benzene rings is 2. The second-order valence-corrected chi connectivity index (χ2v) is 6.58. The number of carbonyl (C=O) groups excluding carboxylic acids is 1. The van der Waals surface area contributed by atoms with Crippen LogP contribution in [0, 0.1) is 5.92 Å². The number of halogens is 1. The lowest BCUT2D eigenvalue weighted by molar-refractivity contribution is -0.122. The van der Waals surface area contributed by atoms with Crippen molar-refractivity contribution in [1.82, 2.24) is 10.4 Å². The van der Waals surface area contributed by atoms with Gasteiger partial charge in [-0.25, -0.2) is 5.43 Å². The average molecular weight is 350 g/mol. The molecular weight excluding hydrogens is 334 g/mol.